The number of thiazole rings is 1. The zero-order chi connectivity index (χ0) is 21.0. The third-order valence-electron chi connectivity index (χ3n) is 4.50. The van der Waals surface area contributed by atoms with Crippen LogP contribution >= 0.6 is 11.3 Å². The van der Waals surface area contributed by atoms with Crippen molar-refractivity contribution < 1.29 is 9.66 Å². The van der Waals surface area contributed by atoms with E-state index in [0.717, 1.165) is 28.6 Å². The van der Waals surface area contributed by atoms with E-state index in [2.05, 4.69) is 38.2 Å². The van der Waals surface area contributed by atoms with E-state index in [1.54, 1.807) is 30.6 Å². The normalized spacial score (nSPS) is 11.3. The number of methoxy groups -OCH3 is 1. The number of aromatic nitrogens is 1. The zero-order valence-electron chi connectivity index (χ0n) is 17.1. The summed E-state index contributed by atoms with van der Waals surface area (Å²) in [7, 11) is 1.66. The van der Waals surface area contributed by atoms with Crippen LogP contribution in [0.15, 0.2) is 48.5 Å². The fraction of sp³-hybridized carbons (Fsp3) is 0.318. The van der Waals surface area contributed by atoms with Crippen LogP contribution < -0.4 is 10.1 Å². The molecule has 0 saturated carbocycles. The van der Waals surface area contributed by atoms with Gasteiger partial charge in [-0.05, 0) is 23.3 Å². The van der Waals surface area contributed by atoms with Crippen molar-refractivity contribution in [1.82, 2.24) is 4.98 Å². The molecule has 3 aromatic rings. The van der Waals surface area contributed by atoms with Crippen molar-refractivity contribution in [3.05, 3.63) is 80.3 Å². The summed E-state index contributed by atoms with van der Waals surface area (Å²) < 4.78 is 5.24. The molecule has 0 fully saturated rings. The predicted octanol–water partition coefficient (Wildman–Crippen LogP) is 5.56. The average molecular weight is 412 g/mol. The van der Waals surface area contributed by atoms with Gasteiger partial charge in [-0.25, -0.2) is 4.98 Å². The Bertz CT molecular complexity index is 991. The predicted molar refractivity (Wildman–Crippen MR) is 117 cm³/mol. The molecule has 0 saturated heterocycles. The molecule has 0 aliphatic carbocycles. The van der Waals surface area contributed by atoms with Gasteiger partial charge in [0.2, 0.25) is 0 Å². The second-order valence-electron chi connectivity index (χ2n) is 7.85. The third-order valence-corrected chi connectivity index (χ3v) is 5.51. The molecule has 0 amide bonds. The molecule has 0 atom stereocenters. The number of rotatable bonds is 7. The summed E-state index contributed by atoms with van der Waals surface area (Å²) in [6.45, 7) is 6.96. The highest BCUT2D eigenvalue weighted by atomic mass is 32.1. The van der Waals surface area contributed by atoms with Crippen molar-refractivity contribution in [2.45, 2.75) is 39.2 Å². The molecule has 29 heavy (non-hydrogen) atoms. The maximum Gasteiger partial charge on any atom is 0.269 e. The summed E-state index contributed by atoms with van der Waals surface area (Å²) in [6.07, 6.45) is 0.798. The minimum Gasteiger partial charge on any atom is -0.497 e. The monoisotopic (exact) mass is 411 g/mol. The number of anilines is 1. The molecule has 0 aliphatic rings. The number of hydrogen-bond donors (Lipinski definition) is 1. The van der Waals surface area contributed by atoms with E-state index in [0.29, 0.717) is 6.54 Å². The molecule has 0 unspecified atom stereocenters. The first kappa shape index (κ1) is 20.8. The smallest absolute Gasteiger partial charge is 0.269 e. The van der Waals surface area contributed by atoms with E-state index < -0.39 is 0 Å². The first-order valence-electron chi connectivity index (χ1n) is 9.36. The topological polar surface area (TPSA) is 77.3 Å². The molecule has 0 radical (unpaired) electrons. The highest BCUT2D eigenvalue weighted by molar-refractivity contribution is 7.15. The molecule has 152 valence electrons. The van der Waals surface area contributed by atoms with Crippen LogP contribution in [0.4, 0.5) is 10.8 Å². The van der Waals surface area contributed by atoms with E-state index in [1.165, 1.54) is 16.5 Å². The summed E-state index contributed by atoms with van der Waals surface area (Å²) in [5.74, 6) is 0.841. The molecule has 2 aromatic carbocycles. The minimum absolute atomic E-state index is 0.0796. The van der Waals surface area contributed by atoms with E-state index >= 15 is 0 Å². The lowest BCUT2D eigenvalue weighted by Gasteiger charge is -2.17. The van der Waals surface area contributed by atoms with E-state index in [-0.39, 0.29) is 16.0 Å². The molecular formula is C22H25N3O3S. The fourth-order valence-electron chi connectivity index (χ4n) is 3.02. The standard InChI is InChI=1S/C22H25N3O3S/c1-22(2,3)20-19(13-15-8-10-18(28-4)11-9-15)29-21(24-20)23-14-16-6-5-7-17(12-16)25(26)27/h5-12H,13-14H2,1-4H3,(H,23,24). The van der Waals surface area contributed by atoms with Gasteiger partial charge in [-0.1, -0.05) is 45.0 Å². The maximum absolute atomic E-state index is 11.0. The Morgan fingerprint density at radius 3 is 2.48 bits per heavy atom. The van der Waals surface area contributed by atoms with Gasteiger partial charge in [0, 0.05) is 35.4 Å². The van der Waals surface area contributed by atoms with Crippen molar-refractivity contribution in [2.75, 3.05) is 12.4 Å². The van der Waals surface area contributed by atoms with Gasteiger partial charge in [0.05, 0.1) is 17.7 Å². The lowest BCUT2D eigenvalue weighted by molar-refractivity contribution is -0.384. The number of nitrogens with one attached hydrogen (secondary N) is 1. The summed E-state index contributed by atoms with van der Waals surface area (Å²) in [5.41, 5.74) is 3.14. The van der Waals surface area contributed by atoms with Crippen LogP contribution in [0.25, 0.3) is 0 Å². The zero-order valence-corrected chi connectivity index (χ0v) is 17.9. The Morgan fingerprint density at radius 2 is 1.86 bits per heavy atom. The lowest BCUT2D eigenvalue weighted by Crippen LogP contribution is -2.14. The van der Waals surface area contributed by atoms with Crippen molar-refractivity contribution in [3.63, 3.8) is 0 Å². The van der Waals surface area contributed by atoms with Crippen LogP contribution in [0.2, 0.25) is 0 Å². The number of hydrogen-bond acceptors (Lipinski definition) is 6. The van der Waals surface area contributed by atoms with Crippen LogP contribution in [-0.2, 0) is 18.4 Å². The van der Waals surface area contributed by atoms with Crippen molar-refractivity contribution >= 4 is 22.2 Å². The number of benzene rings is 2. The first-order chi connectivity index (χ1) is 13.8. The van der Waals surface area contributed by atoms with E-state index in [1.807, 2.05) is 18.2 Å². The SMILES string of the molecule is COc1ccc(Cc2sc(NCc3cccc([N+](=O)[O-])c3)nc2C(C)(C)C)cc1. The Morgan fingerprint density at radius 1 is 1.14 bits per heavy atom. The van der Waals surface area contributed by atoms with Crippen LogP contribution in [0.3, 0.4) is 0 Å². The molecule has 0 spiro atoms. The van der Waals surface area contributed by atoms with Crippen LogP contribution in [-0.4, -0.2) is 17.0 Å². The van der Waals surface area contributed by atoms with Gasteiger partial charge in [0.25, 0.3) is 5.69 Å². The van der Waals surface area contributed by atoms with Crippen molar-refractivity contribution in [3.8, 4) is 5.75 Å². The second kappa shape index (κ2) is 8.61. The van der Waals surface area contributed by atoms with E-state index in [4.69, 9.17) is 9.72 Å². The number of nitrogens with zero attached hydrogens (tertiary/aromatic N) is 2. The van der Waals surface area contributed by atoms with Gasteiger partial charge in [0.1, 0.15) is 5.75 Å². The van der Waals surface area contributed by atoms with Gasteiger partial charge in [-0.2, -0.15) is 0 Å². The highest BCUT2D eigenvalue weighted by Crippen LogP contribution is 2.34. The molecule has 1 heterocycles. The largest absolute Gasteiger partial charge is 0.497 e. The minimum atomic E-state index is -0.377. The van der Waals surface area contributed by atoms with Crippen LogP contribution in [0.1, 0.15) is 42.5 Å². The summed E-state index contributed by atoms with van der Waals surface area (Å²) in [5, 5.41) is 15.1. The Kier molecular flexibility index (Phi) is 6.17. The first-order valence-corrected chi connectivity index (χ1v) is 10.2. The van der Waals surface area contributed by atoms with E-state index in [9.17, 15) is 10.1 Å². The van der Waals surface area contributed by atoms with Gasteiger partial charge in [-0.3, -0.25) is 10.1 Å². The number of nitro groups is 1. The Labute approximate surface area is 174 Å². The molecule has 1 aromatic heterocycles. The van der Waals surface area contributed by atoms with Gasteiger partial charge in [-0.15, -0.1) is 11.3 Å². The summed E-state index contributed by atoms with van der Waals surface area (Å²) in [6, 6.07) is 14.7. The summed E-state index contributed by atoms with van der Waals surface area (Å²) >= 11 is 1.63. The molecule has 6 nitrogen and oxygen atoms in total. The van der Waals surface area contributed by atoms with Crippen molar-refractivity contribution in [1.29, 1.82) is 0 Å². The van der Waals surface area contributed by atoms with Crippen LogP contribution in [0, 0.1) is 10.1 Å². The average Bonchev–Trinajstić information content (AvgIpc) is 3.10. The molecule has 1 N–H and O–H groups in total. The quantitative estimate of drug-likeness (QED) is 0.407. The second-order valence-corrected chi connectivity index (χ2v) is 8.93. The number of ether oxygens (including phenoxy) is 1. The van der Waals surface area contributed by atoms with Gasteiger partial charge in [0.15, 0.2) is 5.13 Å². The molecule has 3 rings (SSSR count). The lowest BCUT2D eigenvalue weighted by atomic mass is 9.90. The third kappa shape index (κ3) is 5.32. The highest BCUT2D eigenvalue weighted by Gasteiger charge is 2.23. The van der Waals surface area contributed by atoms with Crippen LogP contribution in [0.5, 0.6) is 5.75 Å². The van der Waals surface area contributed by atoms with Gasteiger partial charge >= 0.3 is 0 Å². The maximum atomic E-state index is 11.0. The Hall–Kier alpha value is -2.93. The van der Waals surface area contributed by atoms with Gasteiger partial charge < -0.3 is 10.1 Å². The molecule has 0 aliphatic heterocycles. The number of nitro benzene ring substituents is 1. The Balaban J connectivity index is 1.79. The van der Waals surface area contributed by atoms with Crippen molar-refractivity contribution in [2.24, 2.45) is 0 Å². The molecular weight excluding hydrogens is 386 g/mol. The molecule has 7 heteroatoms. The number of non-ortho nitro benzene ring substituents is 1. The molecule has 0 bridgehead atoms. The summed E-state index contributed by atoms with van der Waals surface area (Å²) in [4.78, 5) is 16.6. The fourth-order valence-corrected chi connectivity index (χ4v) is 4.22.